The fraction of sp³-hybridized carbons (Fsp3) is 0.200. The van der Waals surface area contributed by atoms with Gasteiger partial charge < -0.3 is 0 Å². The van der Waals surface area contributed by atoms with Crippen LogP contribution in [0.2, 0.25) is 0 Å². The maximum atomic E-state index is 12.2. The molecule has 0 saturated heterocycles. The van der Waals surface area contributed by atoms with Gasteiger partial charge in [0.2, 0.25) is 0 Å². The first kappa shape index (κ1) is 18.2. The predicted molar refractivity (Wildman–Crippen MR) is 94.1 cm³/mol. The number of allylic oxidation sites excluding steroid dienone is 4. The molecule has 1 aliphatic carbocycles. The number of nitrogens with zero attached hydrogens (tertiary/aromatic N) is 3. The Morgan fingerprint density at radius 2 is 1.25 bits per heavy atom. The lowest BCUT2D eigenvalue weighted by molar-refractivity contribution is 0.523. The fourth-order valence-electron chi connectivity index (χ4n) is 1.69. The molecule has 2 rings (SSSR count). The van der Waals surface area contributed by atoms with Crippen molar-refractivity contribution in [3.8, 4) is 0 Å². The Morgan fingerprint density at radius 3 is 1.71 bits per heavy atom. The average molecular weight is 367 g/mol. The maximum absolute atomic E-state index is 12.2. The van der Waals surface area contributed by atoms with Gasteiger partial charge in [-0.1, -0.05) is 17.7 Å². The Morgan fingerprint density at radius 1 is 0.792 bits per heavy atom. The Kier molecular flexibility index (Phi) is 5.16. The molecule has 0 atom stereocenters. The zero-order valence-corrected chi connectivity index (χ0v) is 15.0. The molecule has 0 spiro atoms. The maximum Gasteiger partial charge on any atom is 0.322 e. The monoisotopic (exact) mass is 367 g/mol. The summed E-state index contributed by atoms with van der Waals surface area (Å²) in [6.45, 7) is 1.86. The van der Waals surface area contributed by atoms with E-state index in [0.717, 1.165) is 9.87 Å². The summed E-state index contributed by atoms with van der Waals surface area (Å²) in [5, 5.41) is 0. The topological polar surface area (TPSA) is 96.2 Å². The van der Waals surface area contributed by atoms with Gasteiger partial charge >= 0.3 is 10.2 Å². The molecule has 7 nitrogen and oxygen atoms in total. The van der Waals surface area contributed by atoms with Crippen molar-refractivity contribution in [2.45, 2.75) is 11.8 Å². The van der Waals surface area contributed by atoms with Crippen LogP contribution >= 0.6 is 0 Å². The normalized spacial score (nSPS) is 15.0. The van der Waals surface area contributed by atoms with Crippen LogP contribution in [0.1, 0.15) is 5.56 Å². The number of rotatable bonds is 4. The van der Waals surface area contributed by atoms with Crippen LogP contribution in [0, 0.1) is 6.92 Å². The fourth-order valence-corrected chi connectivity index (χ4v) is 3.23. The first-order valence-electron chi connectivity index (χ1n) is 6.90. The first-order valence-corrected chi connectivity index (χ1v) is 9.74. The van der Waals surface area contributed by atoms with E-state index in [0.29, 0.717) is 0 Å². The summed E-state index contributed by atoms with van der Waals surface area (Å²) in [5.74, 6) is 0. The van der Waals surface area contributed by atoms with Gasteiger partial charge in [-0.2, -0.15) is 29.9 Å². The van der Waals surface area contributed by atoms with Crippen LogP contribution in [-0.2, 0) is 20.2 Å². The Balaban J connectivity index is 2.27. The third-order valence-corrected chi connectivity index (χ3v) is 5.76. The molecule has 0 N–H and O–H groups in total. The lowest BCUT2D eigenvalue weighted by Crippen LogP contribution is -2.21. The molecule has 1 aromatic carbocycles. The number of benzene rings is 1. The third-order valence-electron chi connectivity index (χ3n) is 3.08. The summed E-state index contributed by atoms with van der Waals surface area (Å²) < 4.78 is 56.1. The standard InChI is InChI=1S/C15H17N3O4S2/c1-12-4-10-15(11-5-12)23(19,20)16-13-6-8-14(9-7-13)17-24(21,22)18(2)3/h4-11H,1-3H3. The zero-order chi connectivity index (χ0) is 18.0. The molecule has 24 heavy (non-hydrogen) atoms. The third kappa shape index (κ3) is 4.47. The van der Waals surface area contributed by atoms with Crippen molar-refractivity contribution < 1.29 is 16.8 Å². The van der Waals surface area contributed by atoms with Crippen molar-refractivity contribution in [3.63, 3.8) is 0 Å². The molecule has 0 bridgehead atoms. The highest BCUT2D eigenvalue weighted by Crippen LogP contribution is 2.14. The summed E-state index contributed by atoms with van der Waals surface area (Å²) in [6.07, 6.45) is 5.58. The number of aryl methyl sites for hydroxylation is 1. The minimum absolute atomic E-state index is 0.0945. The molecular weight excluding hydrogens is 350 g/mol. The number of sulfonamides is 1. The smallest absolute Gasteiger partial charge is 0.199 e. The molecular formula is C15H17N3O4S2. The van der Waals surface area contributed by atoms with Gasteiger partial charge in [-0.25, -0.2) is 0 Å². The Hall–Kier alpha value is -2.10. The highest BCUT2D eigenvalue weighted by Gasteiger charge is 2.15. The molecule has 0 heterocycles. The summed E-state index contributed by atoms with van der Waals surface area (Å²) in [4.78, 5) is 0.0945. The van der Waals surface area contributed by atoms with E-state index in [-0.39, 0.29) is 16.3 Å². The van der Waals surface area contributed by atoms with Crippen LogP contribution in [0.5, 0.6) is 0 Å². The van der Waals surface area contributed by atoms with Crippen molar-refractivity contribution >= 4 is 31.7 Å². The second-order valence-electron chi connectivity index (χ2n) is 5.25. The molecule has 0 aliphatic heterocycles. The molecule has 0 saturated carbocycles. The van der Waals surface area contributed by atoms with Crippen LogP contribution < -0.4 is 0 Å². The first-order chi connectivity index (χ1) is 11.1. The van der Waals surface area contributed by atoms with Crippen LogP contribution in [0.25, 0.3) is 0 Å². The van der Waals surface area contributed by atoms with Crippen molar-refractivity contribution in [2.24, 2.45) is 8.80 Å². The van der Waals surface area contributed by atoms with Gasteiger partial charge in [-0.05, 0) is 43.4 Å². The van der Waals surface area contributed by atoms with Crippen molar-refractivity contribution in [1.29, 1.82) is 0 Å². The van der Waals surface area contributed by atoms with E-state index in [1.165, 1.54) is 50.5 Å². The predicted octanol–water partition coefficient (Wildman–Crippen LogP) is 1.50. The molecule has 1 aliphatic rings. The highest BCUT2D eigenvalue weighted by molar-refractivity contribution is 7.90. The van der Waals surface area contributed by atoms with Crippen molar-refractivity contribution in [2.75, 3.05) is 14.1 Å². The van der Waals surface area contributed by atoms with E-state index < -0.39 is 20.2 Å². The van der Waals surface area contributed by atoms with E-state index in [4.69, 9.17) is 0 Å². The van der Waals surface area contributed by atoms with Crippen molar-refractivity contribution in [1.82, 2.24) is 4.31 Å². The SMILES string of the molecule is Cc1ccc(S(=O)(=O)N=C2C=CC(=NS(=O)(=O)N(C)C)C=C2)cc1. The van der Waals surface area contributed by atoms with E-state index in [2.05, 4.69) is 8.80 Å². The van der Waals surface area contributed by atoms with Gasteiger partial charge in [-0.3, -0.25) is 0 Å². The van der Waals surface area contributed by atoms with Crippen LogP contribution in [-0.4, -0.2) is 46.7 Å². The van der Waals surface area contributed by atoms with Gasteiger partial charge in [0.05, 0.1) is 16.3 Å². The van der Waals surface area contributed by atoms with Crippen LogP contribution in [0.4, 0.5) is 0 Å². The Labute approximate surface area is 142 Å². The molecule has 1 aromatic rings. The number of hydrogen-bond donors (Lipinski definition) is 0. The summed E-state index contributed by atoms with van der Waals surface area (Å²) in [5.41, 5.74) is 1.33. The van der Waals surface area contributed by atoms with Crippen LogP contribution in [0.15, 0.2) is 62.3 Å². The van der Waals surface area contributed by atoms with E-state index in [9.17, 15) is 16.8 Å². The van der Waals surface area contributed by atoms with Gasteiger partial charge in [0.15, 0.2) is 0 Å². The second-order valence-corrected chi connectivity index (χ2v) is 8.66. The quantitative estimate of drug-likeness (QED) is 0.753. The average Bonchev–Trinajstić information content (AvgIpc) is 2.49. The molecule has 0 radical (unpaired) electrons. The van der Waals surface area contributed by atoms with Gasteiger partial charge in [0.1, 0.15) is 0 Å². The molecule has 0 aromatic heterocycles. The van der Waals surface area contributed by atoms with E-state index in [1.54, 1.807) is 12.1 Å². The molecule has 128 valence electrons. The minimum Gasteiger partial charge on any atom is -0.199 e. The van der Waals surface area contributed by atoms with E-state index in [1.807, 2.05) is 6.92 Å². The largest absolute Gasteiger partial charge is 0.322 e. The Bertz CT molecular complexity index is 934. The highest BCUT2D eigenvalue weighted by atomic mass is 32.2. The summed E-state index contributed by atoms with van der Waals surface area (Å²) in [7, 11) is -4.82. The summed E-state index contributed by atoms with van der Waals surface area (Å²) in [6, 6.07) is 6.36. The molecule has 0 fully saturated rings. The van der Waals surface area contributed by atoms with E-state index >= 15 is 0 Å². The second kappa shape index (κ2) is 6.80. The summed E-state index contributed by atoms with van der Waals surface area (Å²) >= 11 is 0. The van der Waals surface area contributed by atoms with Gasteiger partial charge in [-0.15, -0.1) is 0 Å². The number of hydrogen-bond acceptors (Lipinski definition) is 4. The van der Waals surface area contributed by atoms with Crippen LogP contribution in [0.3, 0.4) is 0 Å². The lowest BCUT2D eigenvalue weighted by atomic mass is 10.1. The van der Waals surface area contributed by atoms with Gasteiger partial charge in [0, 0.05) is 14.1 Å². The zero-order valence-electron chi connectivity index (χ0n) is 13.4. The molecule has 0 unspecified atom stereocenters. The van der Waals surface area contributed by atoms with Crippen molar-refractivity contribution in [3.05, 3.63) is 54.1 Å². The molecule has 9 heteroatoms. The van der Waals surface area contributed by atoms with Gasteiger partial charge in [0.25, 0.3) is 10.0 Å². The molecule has 0 amide bonds. The lowest BCUT2D eigenvalue weighted by Gasteiger charge is -2.08. The minimum atomic E-state index is -3.82.